The Kier molecular flexibility index (Phi) is 7.69. The number of halogens is 1. The molecule has 0 saturated carbocycles. The van der Waals surface area contributed by atoms with Crippen molar-refractivity contribution in [2.75, 3.05) is 26.3 Å². The van der Waals surface area contributed by atoms with Crippen LogP contribution < -0.4 is 5.73 Å². The summed E-state index contributed by atoms with van der Waals surface area (Å²) in [5, 5.41) is 0.821. The van der Waals surface area contributed by atoms with E-state index in [0.717, 1.165) is 10.9 Å². The van der Waals surface area contributed by atoms with Gasteiger partial charge in [-0.2, -0.15) is 4.39 Å². The third kappa shape index (κ3) is 5.34. The van der Waals surface area contributed by atoms with Crippen LogP contribution in [0.15, 0.2) is 84.0 Å². The maximum Gasteiger partial charge on any atom is 0.268 e. The highest BCUT2D eigenvalue weighted by atomic mass is 32.2. The minimum Gasteiger partial charge on any atom is -0.379 e. The van der Waals surface area contributed by atoms with E-state index in [1.807, 2.05) is 23.1 Å². The third-order valence-corrected chi connectivity index (χ3v) is 7.19. The standard InChI is InChI=1S/C25H27FN4O3S/c26-25-20(7-6-13-28-25)17-29(14-16-33-15-12-27)18-21-19-30(24-11-5-4-10-23(21)24)34(31,32)22-8-2-1-3-9-22/h1-11,13,19H,12,14-18,27H2. The lowest BCUT2D eigenvalue weighted by atomic mass is 10.1. The van der Waals surface area contributed by atoms with Crippen molar-refractivity contribution in [2.24, 2.45) is 5.73 Å². The Morgan fingerprint density at radius 2 is 1.68 bits per heavy atom. The zero-order chi connectivity index (χ0) is 24.0. The van der Waals surface area contributed by atoms with Crippen LogP contribution in [0.1, 0.15) is 11.1 Å². The maximum absolute atomic E-state index is 14.3. The minimum absolute atomic E-state index is 0.215. The number of fused-ring (bicyclic) bond motifs is 1. The second kappa shape index (κ2) is 10.9. The Morgan fingerprint density at radius 3 is 2.44 bits per heavy atom. The highest BCUT2D eigenvalue weighted by molar-refractivity contribution is 7.90. The quantitative estimate of drug-likeness (QED) is 0.260. The molecular formula is C25H27FN4O3S. The van der Waals surface area contributed by atoms with Crippen molar-refractivity contribution in [3.8, 4) is 0 Å². The van der Waals surface area contributed by atoms with Crippen LogP contribution in [-0.2, 0) is 27.8 Å². The molecule has 0 amide bonds. The Labute approximate surface area is 198 Å². The van der Waals surface area contributed by atoms with Crippen LogP contribution >= 0.6 is 0 Å². The molecule has 2 N–H and O–H groups in total. The van der Waals surface area contributed by atoms with Gasteiger partial charge in [0.1, 0.15) is 0 Å². The molecule has 178 valence electrons. The van der Waals surface area contributed by atoms with E-state index < -0.39 is 16.0 Å². The molecule has 0 spiro atoms. The van der Waals surface area contributed by atoms with Gasteiger partial charge in [-0.25, -0.2) is 17.4 Å². The molecule has 0 unspecified atom stereocenters. The van der Waals surface area contributed by atoms with Gasteiger partial charge in [-0.3, -0.25) is 4.90 Å². The molecule has 9 heteroatoms. The van der Waals surface area contributed by atoms with Crippen molar-refractivity contribution in [2.45, 2.75) is 18.0 Å². The highest BCUT2D eigenvalue weighted by Gasteiger charge is 2.22. The smallest absolute Gasteiger partial charge is 0.268 e. The molecule has 0 atom stereocenters. The Hall–Kier alpha value is -3.11. The number of aromatic nitrogens is 2. The van der Waals surface area contributed by atoms with Crippen LogP contribution in [-0.4, -0.2) is 48.6 Å². The summed E-state index contributed by atoms with van der Waals surface area (Å²) in [6.07, 6.45) is 3.07. The number of hydrogen-bond acceptors (Lipinski definition) is 6. The lowest BCUT2D eigenvalue weighted by molar-refractivity contribution is 0.103. The fourth-order valence-corrected chi connectivity index (χ4v) is 5.27. The first kappa shape index (κ1) is 24.0. The van der Waals surface area contributed by atoms with Crippen molar-refractivity contribution in [3.05, 3.63) is 96.2 Å². The van der Waals surface area contributed by atoms with Crippen molar-refractivity contribution < 1.29 is 17.5 Å². The zero-order valence-electron chi connectivity index (χ0n) is 18.7. The van der Waals surface area contributed by atoms with Gasteiger partial charge in [0.15, 0.2) is 0 Å². The third-order valence-electron chi connectivity index (χ3n) is 5.50. The maximum atomic E-state index is 14.3. The Morgan fingerprint density at radius 1 is 0.941 bits per heavy atom. The fourth-order valence-electron chi connectivity index (χ4n) is 3.86. The number of rotatable bonds is 11. The monoisotopic (exact) mass is 482 g/mol. The van der Waals surface area contributed by atoms with Crippen molar-refractivity contribution in [1.82, 2.24) is 13.9 Å². The van der Waals surface area contributed by atoms with E-state index in [2.05, 4.69) is 4.98 Å². The van der Waals surface area contributed by atoms with E-state index in [9.17, 15) is 12.8 Å². The van der Waals surface area contributed by atoms with Crippen LogP contribution in [0.5, 0.6) is 0 Å². The van der Waals surface area contributed by atoms with Crippen molar-refractivity contribution in [1.29, 1.82) is 0 Å². The molecule has 4 aromatic rings. The van der Waals surface area contributed by atoms with Gasteiger partial charge in [0.05, 0.1) is 23.6 Å². The van der Waals surface area contributed by atoms with E-state index in [0.29, 0.717) is 50.5 Å². The van der Waals surface area contributed by atoms with E-state index in [4.69, 9.17) is 10.5 Å². The first-order valence-electron chi connectivity index (χ1n) is 11.0. The van der Waals surface area contributed by atoms with E-state index in [1.165, 1.54) is 10.2 Å². The van der Waals surface area contributed by atoms with Crippen LogP contribution in [0, 0.1) is 5.95 Å². The van der Waals surface area contributed by atoms with Crippen molar-refractivity contribution in [3.63, 3.8) is 0 Å². The molecular weight excluding hydrogens is 455 g/mol. The largest absolute Gasteiger partial charge is 0.379 e. The lowest BCUT2D eigenvalue weighted by Gasteiger charge is -2.22. The molecule has 2 aromatic carbocycles. The second-order valence-corrected chi connectivity index (χ2v) is 9.67. The molecule has 0 fully saturated rings. The summed E-state index contributed by atoms with van der Waals surface area (Å²) >= 11 is 0. The van der Waals surface area contributed by atoms with E-state index in [-0.39, 0.29) is 4.90 Å². The van der Waals surface area contributed by atoms with Gasteiger partial charge in [0, 0.05) is 49.5 Å². The van der Waals surface area contributed by atoms with Crippen LogP contribution in [0.2, 0.25) is 0 Å². The lowest BCUT2D eigenvalue weighted by Crippen LogP contribution is -2.28. The van der Waals surface area contributed by atoms with Gasteiger partial charge in [-0.1, -0.05) is 42.5 Å². The summed E-state index contributed by atoms with van der Waals surface area (Å²) in [6.45, 7) is 2.49. The van der Waals surface area contributed by atoms with Gasteiger partial charge in [0.25, 0.3) is 10.0 Å². The predicted octanol–water partition coefficient (Wildman–Crippen LogP) is 3.39. The number of ether oxygens (including phenoxy) is 1. The molecule has 7 nitrogen and oxygen atoms in total. The van der Waals surface area contributed by atoms with Crippen LogP contribution in [0.3, 0.4) is 0 Å². The summed E-state index contributed by atoms with van der Waals surface area (Å²) < 4.78 is 47.9. The molecule has 2 aromatic heterocycles. The summed E-state index contributed by atoms with van der Waals surface area (Å²) in [5.41, 5.74) is 7.38. The zero-order valence-corrected chi connectivity index (χ0v) is 19.5. The molecule has 0 aliphatic carbocycles. The predicted molar refractivity (Wildman–Crippen MR) is 129 cm³/mol. The highest BCUT2D eigenvalue weighted by Crippen LogP contribution is 2.27. The first-order valence-corrected chi connectivity index (χ1v) is 12.4. The normalized spacial score (nSPS) is 12.0. The summed E-state index contributed by atoms with van der Waals surface area (Å²) in [6, 6.07) is 19.1. The summed E-state index contributed by atoms with van der Waals surface area (Å²) in [7, 11) is -3.78. The average molecular weight is 483 g/mol. The minimum atomic E-state index is -3.78. The molecule has 0 radical (unpaired) electrons. The molecule has 4 rings (SSSR count). The summed E-state index contributed by atoms with van der Waals surface area (Å²) in [5.74, 6) is -0.524. The number of hydrogen-bond donors (Lipinski definition) is 1. The van der Waals surface area contributed by atoms with Gasteiger partial charge in [0.2, 0.25) is 5.95 Å². The van der Waals surface area contributed by atoms with Crippen LogP contribution in [0.25, 0.3) is 10.9 Å². The van der Waals surface area contributed by atoms with E-state index in [1.54, 1.807) is 54.7 Å². The van der Waals surface area contributed by atoms with Gasteiger partial charge in [-0.05, 0) is 29.8 Å². The van der Waals surface area contributed by atoms with Crippen molar-refractivity contribution >= 4 is 20.9 Å². The summed E-state index contributed by atoms with van der Waals surface area (Å²) in [4.78, 5) is 5.97. The second-order valence-electron chi connectivity index (χ2n) is 7.85. The fraction of sp³-hybridized carbons (Fsp3) is 0.240. The molecule has 0 bridgehead atoms. The molecule has 34 heavy (non-hydrogen) atoms. The Bertz CT molecular complexity index is 1340. The average Bonchev–Trinajstić information content (AvgIpc) is 3.23. The van der Waals surface area contributed by atoms with Gasteiger partial charge in [-0.15, -0.1) is 0 Å². The number of nitrogens with zero attached hydrogens (tertiary/aromatic N) is 3. The topological polar surface area (TPSA) is 90.4 Å². The molecule has 0 saturated heterocycles. The number of para-hydroxylation sites is 1. The molecule has 0 aliphatic heterocycles. The van der Waals surface area contributed by atoms with Gasteiger partial charge >= 0.3 is 0 Å². The number of nitrogens with two attached hydrogens (primary N) is 1. The van der Waals surface area contributed by atoms with Crippen LogP contribution in [0.4, 0.5) is 4.39 Å². The SMILES string of the molecule is NCCOCCN(Cc1cccnc1F)Cc1cn(S(=O)(=O)c2ccccc2)c2ccccc12. The number of benzene rings is 2. The molecule has 2 heterocycles. The molecule has 0 aliphatic rings. The van der Waals surface area contributed by atoms with E-state index >= 15 is 0 Å². The van der Waals surface area contributed by atoms with Gasteiger partial charge < -0.3 is 10.5 Å². The number of pyridine rings is 1. The Balaban J connectivity index is 1.68. The first-order chi connectivity index (χ1) is 16.5.